The zero-order valence-electron chi connectivity index (χ0n) is 18.7. The van der Waals surface area contributed by atoms with Gasteiger partial charge in [0.15, 0.2) is 5.16 Å². The molecule has 0 bridgehead atoms. The lowest BCUT2D eigenvalue weighted by molar-refractivity contribution is -0.132. The molecule has 2 heterocycles. The fourth-order valence-electron chi connectivity index (χ4n) is 3.98. The molecule has 0 radical (unpaired) electrons. The monoisotopic (exact) mass is 449 g/mol. The summed E-state index contributed by atoms with van der Waals surface area (Å²) in [5.41, 5.74) is 2.28. The number of thioether (sulfide) groups is 1. The molecule has 0 atom stereocenters. The Kier molecular flexibility index (Phi) is 7.96. The Morgan fingerprint density at radius 3 is 2.31 bits per heavy atom. The van der Waals surface area contributed by atoms with Gasteiger partial charge in [-0.25, -0.2) is 0 Å². The van der Waals surface area contributed by atoms with Crippen LogP contribution in [-0.2, 0) is 11.2 Å². The van der Waals surface area contributed by atoms with Crippen molar-refractivity contribution in [2.24, 2.45) is 0 Å². The number of rotatable bonds is 9. The van der Waals surface area contributed by atoms with E-state index in [4.69, 9.17) is 0 Å². The minimum Gasteiger partial charge on any atom is -0.340 e. The Balaban J connectivity index is 1.36. The standard InChI is InChI=1S/C25H31N5OS/c1-2-28-15-17-29(18-16-28)24(31)14-9-19-32-25-27-26-23(20-21-10-5-3-6-11-21)30(25)22-12-7-4-8-13-22/h3-8,10-13H,2,9,14-20H2,1H3. The molecule has 0 saturated carbocycles. The largest absolute Gasteiger partial charge is 0.340 e. The number of likely N-dealkylation sites (N-methyl/N-ethyl adjacent to an activating group) is 1. The average Bonchev–Trinajstić information content (AvgIpc) is 3.25. The molecule has 0 unspecified atom stereocenters. The summed E-state index contributed by atoms with van der Waals surface area (Å²) >= 11 is 1.68. The molecule has 168 valence electrons. The molecular weight excluding hydrogens is 418 g/mol. The van der Waals surface area contributed by atoms with Crippen LogP contribution in [0.15, 0.2) is 65.8 Å². The highest BCUT2D eigenvalue weighted by Crippen LogP contribution is 2.24. The second-order valence-electron chi connectivity index (χ2n) is 8.00. The van der Waals surface area contributed by atoms with Gasteiger partial charge in [-0.2, -0.15) is 0 Å². The number of carbonyl (C=O) groups excluding carboxylic acids is 1. The Bertz CT molecular complexity index is 984. The van der Waals surface area contributed by atoms with Gasteiger partial charge < -0.3 is 9.80 Å². The third kappa shape index (κ3) is 5.78. The van der Waals surface area contributed by atoms with Crippen LogP contribution in [0.1, 0.15) is 31.2 Å². The van der Waals surface area contributed by atoms with E-state index in [-0.39, 0.29) is 5.91 Å². The lowest BCUT2D eigenvalue weighted by atomic mass is 10.1. The number of benzene rings is 2. The van der Waals surface area contributed by atoms with Crippen LogP contribution in [0.2, 0.25) is 0 Å². The second-order valence-corrected chi connectivity index (χ2v) is 9.06. The van der Waals surface area contributed by atoms with Crippen LogP contribution < -0.4 is 0 Å². The highest BCUT2D eigenvalue weighted by Gasteiger charge is 2.20. The van der Waals surface area contributed by atoms with E-state index in [1.54, 1.807) is 11.8 Å². The first-order valence-electron chi connectivity index (χ1n) is 11.4. The maximum atomic E-state index is 12.6. The lowest BCUT2D eigenvalue weighted by Crippen LogP contribution is -2.48. The zero-order valence-corrected chi connectivity index (χ0v) is 19.5. The molecule has 0 N–H and O–H groups in total. The number of piperazine rings is 1. The van der Waals surface area contributed by atoms with E-state index in [2.05, 4.69) is 50.9 Å². The Morgan fingerprint density at radius 1 is 0.938 bits per heavy atom. The summed E-state index contributed by atoms with van der Waals surface area (Å²) in [6.07, 6.45) is 2.16. The second kappa shape index (κ2) is 11.3. The number of para-hydroxylation sites is 1. The molecule has 0 aliphatic carbocycles. The third-order valence-corrected chi connectivity index (χ3v) is 6.87. The van der Waals surface area contributed by atoms with Gasteiger partial charge in [0.25, 0.3) is 0 Å². The maximum absolute atomic E-state index is 12.6. The summed E-state index contributed by atoms with van der Waals surface area (Å²) in [5.74, 6) is 2.04. The van der Waals surface area contributed by atoms with Gasteiger partial charge in [-0.15, -0.1) is 10.2 Å². The highest BCUT2D eigenvalue weighted by molar-refractivity contribution is 7.99. The summed E-state index contributed by atoms with van der Waals surface area (Å²) in [4.78, 5) is 17.0. The van der Waals surface area contributed by atoms with Crippen molar-refractivity contribution in [2.75, 3.05) is 38.5 Å². The number of nitrogens with zero attached hydrogens (tertiary/aromatic N) is 5. The number of hydrogen-bond donors (Lipinski definition) is 0. The molecule has 2 aromatic carbocycles. The van der Waals surface area contributed by atoms with Crippen molar-refractivity contribution in [1.29, 1.82) is 0 Å². The molecule has 32 heavy (non-hydrogen) atoms. The summed E-state index contributed by atoms with van der Waals surface area (Å²) in [6, 6.07) is 20.6. The molecule has 7 heteroatoms. The molecule has 1 fully saturated rings. The van der Waals surface area contributed by atoms with Crippen molar-refractivity contribution in [3.63, 3.8) is 0 Å². The smallest absolute Gasteiger partial charge is 0.222 e. The van der Waals surface area contributed by atoms with Crippen molar-refractivity contribution in [3.8, 4) is 5.69 Å². The van der Waals surface area contributed by atoms with Crippen molar-refractivity contribution < 1.29 is 4.79 Å². The van der Waals surface area contributed by atoms with Crippen molar-refractivity contribution in [1.82, 2.24) is 24.6 Å². The fraction of sp³-hybridized carbons (Fsp3) is 0.400. The van der Waals surface area contributed by atoms with Crippen molar-refractivity contribution in [2.45, 2.75) is 31.3 Å². The van der Waals surface area contributed by atoms with Gasteiger partial charge in [-0.3, -0.25) is 9.36 Å². The van der Waals surface area contributed by atoms with Gasteiger partial charge >= 0.3 is 0 Å². The SMILES string of the molecule is CCN1CCN(C(=O)CCCSc2nnc(Cc3ccccc3)n2-c2ccccc2)CC1. The molecule has 6 nitrogen and oxygen atoms in total. The predicted octanol–water partition coefficient (Wildman–Crippen LogP) is 3.89. The number of amides is 1. The normalized spacial score (nSPS) is 14.6. The summed E-state index contributed by atoms with van der Waals surface area (Å²) < 4.78 is 2.14. The van der Waals surface area contributed by atoms with Gasteiger partial charge in [0.2, 0.25) is 5.91 Å². The van der Waals surface area contributed by atoms with Gasteiger partial charge in [-0.1, -0.05) is 67.2 Å². The molecule has 3 aromatic rings. The van der Waals surface area contributed by atoms with Gasteiger partial charge in [0.05, 0.1) is 0 Å². The molecule has 1 amide bonds. The van der Waals surface area contributed by atoms with E-state index in [1.165, 1.54) is 5.56 Å². The summed E-state index contributed by atoms with van der Waals surface area (Å²) in [6.45, 7) is 6.92. The van der Waals surface area contributed by atoms with E-state index in [0.717, 1.165) is 68.0 Å². The summed E-state index contributed by atoms with van der Waals surface area (Å²) in [5, 5.41) is 9.87. The van der Waals surface area contributed by atoms with E-state index in [9.17, 15) is 4.79 Å². The minimum atomic E-state index is 0.274. The van der Waals surface area contributed by atoms with Crippen molar-refractivity contribution >= 4 is 17.7 Å². The number of aromatic nitrogens is 3. The van der Waals surface area contributed by atoms with Crippen molar-refractivity contribution in [3.05, 3.63) is 72.1 Å². The van der Waals surface area contributed by atoms with Gasteiger partial charge in [0, 0.05) is 50.5 Å². The zero-order chi connectivity index (χ0) is 22.2. The topological polar surface area (TPSA) is 54.3 Å². The fourth-order valence-corrected chi connectivity index (χ4v) is 4.89. The molecule has 4 rings (SSSR count). The lowest BCUT2D eigenvalue weighted by Gasteiger charge is -2.34. The van der Waals surface area contributed by atoms with Crippen LogP contribution in [0.25, 0.3) is 5.69 Å². The third-order valence-electron chi connectivity index (χ3n) is 5.86. The first-order chi connectivity index (χ1) is 15.7. The molecule has 1 saturated heterocycles. The van der Waals surface area contributed by atoms with E-state index >= 15 is 0 Å². The Hall–Kier alpha value is -2.64. The van der Waals surface area contributed by atoms with E-state index < -0.39 is 0 Å². The van der Waals surface area contributed by atoms with Crippen LogP contribution in [0, 0.1) is 0 Å². The van der Waals surface area contributed by atoms with Gasteiger partial charge in [-0.05, 0) is 30.7 Å². The van der Waals surface area contributed by atoms with Crippen LogP contribution in [0.5, 0.6) is 0 Å². The highest BCUT2D eigenvalue weighted by atomic mass is 32.2. The van der Waals surface area contributed by atoms with Crippen LogP contribution in [0.3, 0.4) is 0 Å². The predicted molar refractivity (Wildman–Crippen MR) is 129 cm³/mol. The summed E-state index contributed by atoms with van der Waals surface area (Å²) in [7, 11) is 0. The molecule has 1 aromatic heterocycles. The van der Waals surface area contributed by atoms with Crippen LogP contribution in [-0.4, -0.2) is 68.9 Å². The first-order valence-corrected chi connectivity index (χ1v) is 12.4. The van der Waals surface area contributed by atoms with E-state index in [0.29, 0.717) is 6.42 Å². The van der Waals surface area contributed by atoms with Crippen LogP contribution >= 0.6 is 11.8 Å². The minimum absolute atomic E-state index is 0.274. The molecular formula is C25H31N5OS. The maximum Gasteiger partial charge on any atom is 0.222 e. The Morgan fingerprint density at radius 2 is 1.62 bits per heavy atom. The molecule has 0 spiro atoms. The van der Waals surface area contributed by atoms with Crippen LogP contribution in [0.4, 0.5) is 0 Å². The average molecular weight is 450 g/mol. The van der Waals surface area contributed by atoms with Gasteiger partial charge in [0.1, 0.15) is 5.82 Å². The molecule has 1 aliphatic rings. The Labute approximate surface area is 194 Å². The molecule has 1 aliphatic heterocycles. The quantitative estimate of drug-likeness (QED) is 0.366. The number of carbonyl (C=O) groups is 1. The number of hydrogen-bond acceptors (Lipinski definition) is 5. The van der Waals surface area contributed by atoms with E-state index in [1.807, 2.05) is 41.3 Å². The first kappa shape index (κ1) is 22.6.